The smallest absolute Gasteiger partial charge is 0.228 e. The second-order valence-corrected chi connectivity index (χ2v) is 3.44. The second-order valence-electron chi connectivity index (χ2n) is 3.44. The Morgan fingerprint density at radius 3 is 2.79 bits per heavy atom. The summed E-state index contributed by atoms with van der Waals surface area (Å²) in [6.45, 7) is 12.8. The van der Waals surface area contributed by atoms with E-state index in [1.165, 1.54) is 0 Å². The van der Waals surface area contributed by atoms with Crippen molar-refractivity contribution in [2.24, 2.45) is 9.98 Å². The molecule has 0 radical (unpaired) electrons. The molecule has 1 aromatic rings. The number of nitrogens with zero attached hydrogens (tertiary/aromatic N) is 4. The van der Waals surface area contributed by atoms with E-state index in [1.807, 2.05) is 25.2 Å². The molecule has 1 heterocycles. The molecular weight excluding hydrogens is 238 g/mol. The standard InChI is InChI=1S/C14H17N5/c1-5-7-8-13(6-2)18-14(15-4)17-12(3)19-10-9-16-11-19/h5-11H,1,3-4H2,2H3,(H,17,18)/b8-7-,13-6+. The van der Waals surface area contributed by atoms with Crippen LogP contribution in [0, 0.1) is 0 Å². The van der Waals surface area contributed by atoms with Gasteiger partial charge in [0.15, 0.2) is 0 Å². The fourth-order valence-electron chi connectivity index (χ4n) is 1.21. The minimum absolute atomic E-state index is 0.362. The molecule has 0 spiro atoms. The van der Waals surface area contributed by atoms with Crippen LogP contribution in [-0.4, -0.2) is 22.2 Å². The van der Waals surface area contributed by atoms with E-state index in [0.29, 0.717) is 11.8 Å². The van der Waals surface area contributed by atoms with E-state index >= 15 is 0 Å². The molecule has 0 unspecified atom stereocenters. The van der Waals surface area contributed by atoms with Crippen LogP contribution in [0.15, 0.2) is 71.9 Å². The van der Waals surface area contributed by atoms with Gasteiger partial charge in [-0.05, 0) is 19.7 Å². The summed E-state index contributed by atoms with van der Waals surface area (Å²) in [5.74, 6) is 0.857. The van der Waals surface area contributed by atoms with Crippen LogP contribution in [0.3, 0.4) is 0 Å². The summed E-state index contributed by atoms with van der Waals surface area (Å²) in [6, 6.07) is 0. The number of allylic oxidation sites excluding steroid dienone is 4. The number of aromatic nitrogens is 2. The van der Waals surface area contributed by atoms with Gasteiger partial charge in [0.1, 0.15) is 12.1 Å². The fourth-order valence-corrected chi connectivity index (χ4v) is 1.21. The Kier molecular flexibility index (Phi) is 5.75. The first-order valence-corrected chi connectivity index (χ1v) is 5.66. The van der Waals surface area contributed by atoms with Crippen molar-refractivity contribution in [1.82, 2.24) is 14.9 Å². The van der Waals surface area contributed by atoms with E-state index in [2.05, 4.69) is 40.2 Å². The first kappa shape index (κ1) is 14.4. The highest BCUT2D eigenvalue weighted by Gasteiger charge is 1.99. The monoisotopic (exact) mass is 255 g/mol. The number of guanidine groups is 1. The van der Waals surface area contributed by atoms with E-state index in [0.717, 1.165) is 5.70 Å². The van der Waals surface area contributed by atoms with Gasteiger partial charge in [-0.2, -0.15) is 4.99 Å². The molecule has 98 valence electrons. The lowest BCUT2D eigenvalue weighted by Crippen LogP contribution is -2.20. The Hall–Kier alpha value is -2.69. The number of hydrogen-bond donors (Lipinski definition) is 1. The van der Waals surface area contributed by atoms with Crippen LogP contribution in [0.5, 0.6) is 0 Å². The molecule has 0 bridgehead atoms. The second kappa shape index (κ2) is 7.60. The van der Waals surface area contributed by atoms with Crippen LogP contribution in [0.25, 0.3) is 5.82 Å². The molecule has 19 heavy (non-hydrogen) atoms. The summed E-state index contributed by atoms with van der Waals surface area (Å²) in [4.78, 5) is 12.0. The Balaban J connectivity index is 2.83. The number of aliphatic imine (C=N–C) groups is 2. The number of hydrogen-bond acceptors (Lipinski definition) is 2. The quantitative estimate of drug-likeness (QED) is 0.499. The number of imidazole rings is 1. The molecule has 0 saturated carbocycles. The molecule has 0 aliphatic carbocycles. The number of rotatable bonds is 5. The molecule has 0 saturated heterocycles. The van der Waals surface area contributed by atoms with Gasteiger partial charge in [-0.3, -0.25) is 4.57 Å². The average Bonchev–Trinajstić information content (AvgIpc) is 2.96. The molecule has 1 aromatic heterocycles. The van der Waals surface area contributed by atoms with Crippen LogP contribution in [0.2, 0.25) is 0 Å². The minimum atomic E-state index is 0.362. The first-order valence-electron chi connectivity index (χ1n) is 5.66. The summed E-state index contributed by atoms with van der Waals surface area (Å²) in [5.41, 5.74) is 0.837. The average molecular weight is 255 g/mol. The minimum Gasteiger partial charge on any atom is -0.324 e. The lowest BCUT2D eigenvalue weighted by Gasteiger charge is -2.07. The molecular formula is C14H17N5. The highest BCUT2D eigenvalue weighted by Crippen LogP contribution is 2.03. The third-order valence-electron chi connectivity index (χ3n) is 2.17. The van der Waals surface area contributed by atoms with Crippen LogP contribution in [0.1, 0.15) is 6.92 Å². The van der Waals surface area contributed by atoms with Crippen molar-refractivity contribution in [2.75, 3.05) is 0 Å². The van der Waals surface area contributed by atoms with Gasteiger partial charge < -0.3 is 5.32 Å². The van der Waals surface area contributed by atoms with Crippen molar-refractivity contribution in [3.8, 4) is 0 Å². The Labute approximate surface area is 113 Å². The van der Waals surface area contributed by atoms with Crippen molar-refractivity contribution < 1.29 is 0 Å². The topological polar surface area (TPSA) is 54.6 Å². The van der Waals surface area contributed by atoms with E-state index in [-0.39, 0.29) is 0 Å². The van der Waals surface area contributed by atoms with Gasteiger partial charge in [-0.1, -0.05) is 31.4 Å². The lowest BCUT2D eigenvalue weighted by atomic mass is 10.3. The predicted molar refractivity (Wildman–Crippen MR) is 80.8 cm³/mol. The summed E-state index contributed by atoms with van der Waals surface area (Å²) >= 11 is 0. The van der Waals surface area contributed by atoms with Crippen LogP contribution in [-0.2, 0) is 0 Å². The van der Waals surface area contributed by atoms with Crippen molar-refractivity contribution in [3.63, 3.8) is 0 Å². The Bertz CT molecular complexity index is 532. The zero-order valence-electron chi connectivity index (χ0n) is 11.0. The largest absolute Gasteiger partial charge is 0.324 e. The highest BCUT2D eigenvalue weighted by molar-refractivity contribution is 5.88. The van der Waals surface area contributed by atoms with Gasteiger partial charge in [-0.15, -0.1) is 0 Å². The lowest BCUT2D eigenvalue weighted by molar-refractivity contribution is 1.05. The number of nitrogens with one attached hydrogen (secondary N) is 1. The summed E-state index contributed by atoms with van der Waals surface area (Å²) in [6.07, 6.45) is 12.3. The Morgan fingerprint density at radius 2 is 2.26 bits per heavy atom. The van der Waals surface area contributed by atoms with E-state index in [9.17, 15) is 0 Å². The zero-order valence-corrected chi connectivity index (χ0v) is 11.0. The van der Waals surface area contributed by atoms with E-state index in [1.54, 1.807) is 29.4 Å². The van der Waals surface area contributed by atoms with E-state index in [4.69, 9.17) is 0 Å². The van der Waals surface area contributed by atoms with E-state index < -0.39 is 0 Å². The van der Waals surface area contributed by atoms with Crippen molar-refractivity contribution in [3.05, 3.63) is 61.9 Å². The van der Waals surface area contributed by atoms with Gasteiger partial charge in [0.05, 0.1) is 0 Å². The van der Waals surface area contributed by atoms with Crippen molar-refractivity contribution in [2.45, 2.75) is 6.92 Å². The third kappa shape index (κ3) is 4.59. The SMILES string of the molecule is C=C/C=C\C(=C/C)N/C(N=C)=N/C(=C)n1ccnc1. The van der Waals surface area contributed by atoms with Gasteiger partial charge in [0.2, 0.25) is 5.96 Å². The maximum atomic E-state index is 4.24. The molecule has 5 heteroatoms. The molecule has 0 amide bonds. The third-order valence-corrected chi connectivity index (χ3v) is 2.17. The molecule has 0 aliphatic heterocycles. The van der Waals surface area contributed by atoms with Gasteiger partial charge in [-0.25, -0.2) is 9.98 Å². The van der Waals surface area contributed by atoms with Crippen molar-refractivity contribution in [1.29, 1.82) is 0 Å². The van der Waals surface area contributed by atoms with Gasteiger partial charge in [0.25, 0.3) is 0 Å². The summed E-state index contributed by atoms with van der Waals surface area (Å²) in [7, 11) is 0. The Morgan fingerprint density at radius 1 is 1.47 bits per heavy atom. The molecule has 0 aromatic carbocycles. The molecule has 1 N–H and O–H groups in total. The molecule has 0 fully saturated rings. The zero-order chi connectivity index (χ0) is 14.1. The molecule has 5 nitrogen and oxygen atoms in total. The van der Waals surface area contributed by atoms with Crippen LogP contribution in [0.4, 0.5) is 0 Å². The van der Waals surface area contributed by atoms with Crippen LogP contribution < -0.4 is 5.32 Å². The summed E-state index contributed by atoms with van der Waals surface area (Å²) < 4.78 is 1.68. The van der Waals surface area contributed by atoms with Gasteiger partial charge in [0, 0.05) is 18.1 Å². The van der Waals surface area contributed by atoms with Crippen molar-refractivity contribution >= 4 is 18.5 Å². The maximum Gasteiger partial charge on any atom is 0.228 e. The maximum absolute atomic E-state index is 4.24. The summed E-state index contributed by atoms with van der Waals surface area (Å²) in [5, 5.41) is 3.03. The molecule has 1 rings (SSSR count). The highest BCUT2D eigenvalue weighted by atomic mass is 15.2. The fraction of sp³-hybridized carbons (Fsp3) is 0.0714. The normalized spacial score (nSPS) is 12.5. The van der Waals surface area contributed by atoms with Crippen LogP contribution >= 0.6 is 0 Å². The predicted octanol–water partition coefficient (Wildman–Crippen LogP) is 2.60. The molecule has 0 aliphatic rings. The first-order chi connectivity index (χ1) is 9.21. The van der Waals surface area contributed by atoms with Gasteiger partial charge >= 0.3 is 0 Å². The molecule has 0 atom stereocenters.